The molecule has 0 radical (unpaired) electrons. The molecule has 2 aromatic rings. The molecular formula is C19H21NO4. The Kier molecular flexibility index (Phi) is 4.60. The standard InChI is InChI=1S/C19H21NO4/c1-22-16-11-14-17(19(24-3)18(16)23-2)15(21)9-10-20(14)12-13-7-5-4-6-8-13/h4-8,11H,9-10,12H2,1-3H3. The summed E-state index contributed by atoms with van der Waals surface area (Å²) in [7, 11) is 4.67. The number of ketones is 1. The Bertz CT molecular complexity index is 743. The van der Waals surface area contributed by atoms with E-state index in [1.807, 2.05) is 24.3 Å². The SMILES string of the molecule is COc1cc2c(c(OC)c1OC)C(=O)CCN2Cc1ccccc1. The van der Waals surface area contributed by atoms with Crippen LogP contribution in [0.3, 0.4) is 0 Å². The van der Waals surface area contributed by atoms with Gasteiger partial charge in [-0.15, -0.1) is 0 Å². The number of hydrogen-bond acceptors (Lipinski definition) is 5. The first kappa shape index (κ1) is 16.2. The van der Waals surface area contributed by atoms with Crippen LogP contribution in [-0.4, -0.2) is 33.7 Å². The number of rotatable bonds is 5. The van der Waals surface area contributed by atoms with Gasteiger partial charge in [-0.1, -0.05) is 30.3 Å². The maximum atomic E-state index is 12.5. The number of Topliss-reactive ketones (excluding diaryl/α,β-unsaturated/α-hetero) is 1. The molecular weight excluding hydrogens is 306 g/mol. The third-order valence-corrected chi connectivity index (χ3v) is 4.25. The topological polar surface area (TPSA) is 48.0 Å². The van der Waals surface area contributed by atoms with Gasteiger partial charge in [0.1, 0.15) is 0 Å². The maximum absolute atomic E-state index is 12.5. The van der Waals surface area contributed by atoms with E-state index in [9.17, 15) is 4.79 Å². The molecule has 0 unspecified atom stereocenters. The molecule has 1 aliphatic heterocycles. The van der Waals surface area contributed by atoms with E-state index < -0.39 is 0 Å². The summed E-state index contributed by atoms with van der Waals surface area (Å²) in [6, 6.07) is 12.0. The summed E-state index contributed by atoms with van der Waals surface area (Å²) in [5.74, 6) is 1.51. The first-order chi connectivity index (χ1) is 11.7. The van der Waals surface area contributed by atoms with Crippen molar-refractivity contribution in [2.24, 2.45) is 0 Å². The van der Waals surface area contributed by atoms with Gasteiger partial charge in [-0.2, -0.15) is 0 Å². The summed E-state index contributed by atoms with van der Waals surface area (Å²) in [5, 5.41) is 0. The molecule has 24 heavy (non-hydrogen) atoms. The van der Waals surface area contributed by atoms with Gasteiger partial charge >= 0.3 is 0 Å². The third-order valence-electron chi connectivity index (χ3n) is 4.25. The van der Waals surface area contributed by atoms with Gasteiger partial charge in [0.15, 0.2) is 17.3 Å². The summed E-state index contributed by atoms with van der Waals surface area (Å²) in [6.45, 7) is 1.39. The minimum Gasteiger partial charge on any atom is -0.493 e. The third kappa shape index (κ3) is 2.77. The number of methoxy groups -OCH3 is 3. The van der Waals surface area contributed by atoms with Crippen molar-refractivity contribution in [3.05, 3.63) is 47.5 Å². The zero-order valence-electron chi connectivity index (χ0n) is 14.2. The molecule has 0 aliphatic carbocycles. The van der Waals surface area contributed by atoms with Crippen molar-refractivity contribution >= 4 is 11.5 Å². The van der Waals surface area contributed by atoms with Crippen LogP contribution >= 0.6 is 0 Å². The minimum atomic E-state index is 0.0621. The number of carbonyl (C=O) groups excluding carboxylic acids is 1. The van der Waals surface area contributed by atoms with Crippen LogP contribution in [-0.2, 0) is 6.54 Å². The van der Waals surface area contributed by atoms with Gasteiger partial charge in [0.05, 0.1) is 32.6 Å². The van der Waals surface area contributed by atoms with E-state index in [1.54, 1.807) is 21.3 Å². The molecule has 2 aromatic carbocycles. The number of anilines is 1. The highest BCUT2D eigenvalue weighted by Gasteiger charge is 2.31. The van der Waals surface area contributed by atoms with Crippen molar-refractivity contribution in [2.75, 3.05) is 32.8 Å². The molecule has 126 valence electrons. The summed E-state index contributed by atoms with van der Waals surface area (Å²) in [6.07, 6.45) is 0.450. The van der Waals surface area contributed by atoms with Crippen molar-refractivity contribution in [3.8, 4) is 17.2 Å². The molecule has 0 amide bonds. The summed E-state index contributed by atoms with van der Waals surface area (Å²) in [4.78, 5) is 14.7. The molecule has 3 rings (SSSR count). The molecule has 0 spiro atoms. The van der Waals surface area contributed by atoms with Crippen LogP contribution < -0.4 is 19.1 Å². The van der Waals surface area contributed by atoms with Crippen LogP contribution in [0.15, 0.2) is 36.4 Å². The molecule has 0 saturated heterocycles. The number of fused-ring (bicyclic) bond motifs is 1. The Balaban J connectivity index is 2.11. The smallest absolute Gasteiger partial charge is 0.204 e. The van der Waals surface area contributed by atoms with E-state index in [0.717, 1.165) is 12.2 Å². The second-order valence-corrected chi connectivity index (χ2v) is 5.62. The number of hydrogen-bond donors (Lipinski definition) is 0. The Labute approximate surface area is 141 Å². The van der Waals surface area contributed by atoms with Crippen molar-refractivity contribution in [3.63, 3.8) is 0 Å². The van der Waals surface area contributed by atoms with Gasteiger partial charge in [-0.25, -0.2) is 0 Å². The predicted octanol–water partition coefficient (Wildman–Crippen LogP) is 3.31. The first-order valence-electron chi connectivity index (χ1n) is 7.84. The van der Waals surface area contributed by atoms with Crippen LogP contribution in [0.5, 0.6) is 17.2 Å². The maximum Gasteiger partial charge on any atom is 0.204 e. The molecule has 0 N–H and O–H groups in total. The van der Waals surface area contributed by atoms with Crippen molar-refractivity contribution in [2.45, 2.75) is 13.0 Å². The molecule has 0 bridgehead atoms. The second-order valence-electron chi connectivity index (χ2n) is 5.62. The van der Waals surface area contributed by atoms with E-state index >= 15 is 0 Å². The van der Waals surface area contributed by atoms with E-state index in [1.165, 1.54) is 5.56 Å². The minimum absolute atomic E-state index is 0.0621. The highest BCUT2D eigenvalue weighted by molar-refractivity contribution is 6.07. The quantitative estimate of drug-likeness (QED) is 0.843. The fraction of sp³-hybridized carbons (Fsp3) is 0.316. The van der Waals surface area contributed by atoms with Crippen LogP contribution in [0.2, 0.25) is 0 Å². The van der Waals surface area contributed by atoms with Gasteiger partial charge in [-0.3, -0.25) is 4.79 Å². The zero-order valence-corrected chi connectivity index (χ0v) is 14.2. The average molecular weight is 327 g/mol. The number of ether oxygens (including phenoxy) is 3. The van der Waals surface area contributed by atoms with Crippen molar-refractivity contribution < 1.29 is 19.0 Å². The average Bonchev–Trinajstić information content (AvgIpc) is 2.63. The Morgan fingerprint density at radius 2 is 1.71 bits per heavy atom. The van der Waals surface area contributed by atoms with Gasteiger partial charge in [0, 0.05) is 25.6 Å². The summed E-state index contributed by atoms with van der Waals surface area (Å²) in [5.41, 5.74) is 2.58. The second kappa shape index (κ2) is 6.83. The molecule has 5 nitrogen and oxygen atoms in total. The van der Waals surface area contributed by atoms with E-state index in [4.69, 9.17) is 14.2 Å². The normalized spacial score (nSPS) is 13.5. The Hall–Kier alpha value is -2.69. The lowest BCUT2D eigenvalue weighted by molar-refractivity contribution is 0.0975. The number of nitrogens with zero attached hydrogens (tertiary/aromatic N) is 1. The Morgan fingerprint density at radius 3 is 2.33 bits per heavy atom. The van der Waals surface area contributed by atoms with Crippen molar-refractivity contribution in [1.29, 1.82) is 0 Å². The van der Waals surface area contributed by atoms with Gasteiger partial charge in [0.2, 0.25) is 5.75 Å². The number of benzene rings is 2. The molecule has 0 saturated carbocycles. The lowest BCUT2D eigenvalue weighted by atomic mass is 9.97. The first-order valence-corrected chi connectivity index (χ1v) is 7.84. The summed E-state index contributed by atoms with van der Waals surface area (Å²) >= 11 is 0. The fourth-order valence-corrected chi connectivity index (χ4v) is 3.11. The molecule has 5 heteroatoms. The monoisotopic (exact) mass is 327 g/mol. The van der Waals surface area contributed by atoms with Gasteiger partial charge < -0.3 is 19.1 Å². The molecule has 0 fully saturated rings. The van der Waals surface area contributed by atoms with Crippen LogP contribution in [0, 0.1) is 0 Å². The van der Waals surface area contributed by atoms with Crippen molar-refractivity contribution in [1.82, 2.24) is 0 Å². The van der Waals surface area contributed by atoms with Crippen LogP contribution in [0.1, 0.15) is 22.3 Å². The number of carbonyl (C=O) groups is 1. The van der Waals surface area contributed by atoms with E-state index in [-0.39, 0.29) is 5.78 Å². The van der Waals surface area contributed by atoms with Crippen LogP contribution in [0.4, 0.5) is 5.69 Å². The van der Waals surface area contributed by atoms with E-state index in [2.05, 4.69) is 17.0 Å². The molecule has 0 aromatic heterocycles. The highest BCUT2D eigenvalue weighted by atomic mass is 16.5. The predicted molar refractivity (Wildman–Crippen MR) is 92.5 cm³/mol. The molecule has 1 heterocycles. The zero-order chi connectivity index (χ0) is 17.1. The highest BCUT2D eigenvalue weighted by Crippen LogP contribution is 2.47. The fourth-order valence-electron chi connectivity index (χ4n) is 3.11. The Morgan fingerprint density at radius 1 is 1.00 bits per heavy atom. The lowest BCUT2D eigenvalue weighted by Gasteiger charge is -2.32. The largest absolute Gasteiger partial charge is 0.493 e. The van der Waals surface area contributed by atoms with Gasteiger partial charge in [-0.05, 0) is 5.56 Å². The summed E-state index contributed by atoms with van der Waals surface area (Å²) < 4.78 is 16.3. The van der Waals surface area contributed by atoms with E-state index in [0.29, 0.717) is 35.8 Å². The lowest BCUT2D eigenvalue weighted by Crippen LogP contribution is -2.32. The van der Waals surface area contributed by atoms with Gasteiger partial charge in [0.25, 0.3) is 0 Å². The molecule has 0 atom stereocenters. The van der Waals surface area contributed by atoms with Crippen LogP contribution in [0.25, 0.3) is 0 Å². The molecule has 1 aliphatic rings.